The Morgan fingerprint density at radius 3 is 2.43 bits per heavy atom. The number of piperidine rings is 1. The van der Waals surface area contributed by atoms with Gasteiger partial charge in [0.25, 0.3) is 0 Å². The molecule has 0 N–H and O–H groups in total. The van der Waals surface area contributed by atoms with Crippen molar-refractivity contribution in [3.8, 4) is 17.2 Å². The summed E-state index contributed by atoms with van der Waals surface area (Å²) >= 11 is 3.95. The Bertz CT molecular complexity index is 947. The molecule has 1 aliphatic heterocycles. The third-order valence-electron chi connectivity index (χ3n) is 5.65. The number of methoxy groups -OCH3 is 3. The molecule has 0 bridgehead atoms. The van der Waals surface area contributed by atoms with Crippen molar-refractivity contribution in [2.45, 2.75) is 30.4 Å². The van der Waals surface area contributed by atoms with Gasteiger partial charge in [-0.3, -0.25) is 4.90 Å². The van der Waals surface area contributed by atoms with Crippen LogP contribution in [-0.2, 0) is 12.3 Å². The first kappa shape index (κ1) is 21.3. The van der Waals surface area contributed by atoms with Crippen LogP contribution in [0.25, 0.3) is 10.1 Å². The molecule has 0 unspecified atom stereocenters. The highest BCUT2D eigenvalue weighted by Gasteiger charge is 2.22. The SMILES string of the molecule is COc1ccc(CSC2CCN(Cc3cc4ccccc4s3)CC2)c(OC)c1OC. The van der Waals surface area contributed by atoms with Gasteiger partial charge in [0.05, 0.1) is 21.3 Å². The summed E-state index contributed by atoms with van der Waals surface area (Å²) in [6.07, 6.45) is 2.45. The van der Waals surface area contributed by atoms with Crippen LogP contribution in [0.5, 0.6) is 17.2 Å². The summed E-state index contributed by atoms with van der Waals surface area (Å²) in [6, 6.07) is 15.1. The van der Waals surface area contributed by atoms with E-state index in [1.54, 1.807) is 21.3 Å². The first-order valence-corrected chi connectivity index (χ1v) is 12.2. The molecule has 0 atom stereocenters. The first-order chi connectivity index (χ1) is 14.7. The summed E-state index contributed by atoms with van der Waals surface area (Å²) in [4.78, 5) is 4.07. The van der Waals surface area contributed by atoms with E-state index in [0.29, 0.717) is 16.7 Å². The molecule has 2 heterocycles. The molecular weight excluding hydrogens is 414 g/mol. The molecule has 1 aromatic heterocycles. The molecule has 1 fully saturated rings. The number of ether oxygens (including phenoxy) is 3. The van der Waals surface area contributed by atoms with E-state index in [9.17, 15) is 0 Å². The van der Waals surface area contributed by atoms with Crippen LogP contribution >= 0.6 is 23.1 Å². The van der Waals surface area contributed by atoms with Gasteiger partial charge in [-0.2, -0.15) is 11.8 Å². The van der Waals surface area contributed by atoms with Crippen LogP contribution in [-0.4, -0.2) is 44.6 Å². The average Bonchev–Trinajstić information content (AvgIpc) is 3.20. The fourth-order valence-corrected chi connectivity index (χ4v) is 6.35. The van der Waals surface area contributed by atoms with E-state index in [1.807, 2.05) is 29.2 Å². The number of benzene rings is 2. The van der Waals surface area contributed by atoms with Crippen molar-refractivity contribution in [3.05, 3.63) is 52.9 Å². The van der Waals surface area contributed by atoms with Crippen molar-refractivity contribution < 1.29 is 14.2 Å². The second kappa shape index (κ2) is 9.94. The minimum absolute atomic E-state index is 0.677. The fourth-order valence-electron chi connectivity index (χ4n) is 4.05. The van der Waals surface area contributed by atoms with Crippen LogP contribution in [0.2, 0.25) is 0 Å². The summed E-state index contributed by atoms with van der Waals surface area (Å²) in [6.45, 7) is 3.39. The highest BCUT2D eigenvalue weighted by atomic mass is 32.2. The Labute approximate surface area is 187 Å². The maximum absolute atomic E-state index is 5.63. The second-order valence-corrected chi connectivity index (χ2v) is 9.99. The number of nitrogens with zero attached hydrogens (tertiary/aromatic N) is 1. The van der Waals surface area contributed by atoms with Crippen molar-refractivity contribution >= 4 is 33.2 Å². The number of hydrogen-bond acceptors (Lipinski definition) is 6. The summed E-state index contributed by atoms with van der Waals surface area (Å²) in [5.74, 6) is 3.09. The molecule has 0 radical (unpaired) electrons. The van der Waals surface area contributed by atoms with Crippen molar-refractivity contribution in [2.75, 3.05) is 34.4 Å². The van der Waals surface area contributed by atoms with Gasteiger partial charge < -0.3 is 14.2 Å². The molecule has 6 heteroatoms. The van der Waals surface area contributed by atoms with Crippen LogP contribution in [0.1, 0.15) is 23.3 Å². The van der Waals surface area contributed by atoms with Crippen molar-refractivity contribution in [1.82, 2.24) is 4.90 Å². The lowest BCUT2D eigenvalue weighted by atomic mass is 10.1. The average molecular weight is 444 g/mol. The predicted octanol–water partition coefficient (Wildman–Crippen LogP) is 5.82. The summed E-state index contributed by atoms with van der Waals surface area (Å²) < 4.78 is 17.9. The molecule has 30 heavy (non-hydrogen) atoms. The Hall–Kier alpha value is -1.89. The monoisotopic (exact) mass is 443 g/mol. The number of likely N-dealkylation sites (tertiary alicyclic amines) is 1. The largest absolute Gasteiger partial charge is 0.493 e. The number of rotatable bonds is 8. The molecule has 0 aliphatic carbocycles. The van der Waals surface area contributed by atoms with E-state index in [0.717, 1.165) is 36.7 Å². The minimum atomic E-state index is 0.677. The van der Waals surface area contributed by atoms with Gasteiger partial charge in [0.1, 0.15) is 0 Å². The standard InChI is InChI=1S/C24H29NO3S2/c1-26-21-9-8-18(23(27-2)24(21)28-3)16-29-19-10-12-25(13-11-19)15-20-14-17-6-4-5-7-22(17)30-20/h4-9,14,19H,10-13,15-16H2,1-3H3. The molecule has 0 saturated carbocycles. The Morgan fingerprint density at radius 2 is 1.73 bits per heavy atom. The molecule has 4 nitrogen and oxygen atoms in total. The van der Waals surface area contributed by atoms with E-state index < -0.39 is 0 Å². The first-order valence-electron chi connectivity index (χ1n) is 10.3. The minimum Gasteiger partial charge on any atom is -0.493 e. The van der Waals surface area contributed by atoms with E-state index in [1.165, 1.54) is 27.8 Å². The lowest BCUT2D eigenvalue weighted by molar-refractivity contribution is 0.226. The van der Waals surface area contributed by atoms with Gasteiger partial charge in [-0.25, -0.2) is 0 Å². The van der Waals surface area contributed by atoms with Crippen LogP contribution in [0.15, 0.2) is 42.5 Å². The second-order valence-electron chi connectivity index (χ2n) is 7.53. The fraction of sp³-hybridized carbons (Fsp3) is 0.417. The van der Waals surface area contributed by atoms with Crippen LogP contribution in [0, 0.1) is 0 Å². The van der Waals surface area contributed by atoms with E-state index in [4.69, 9.17) is 14.2 Å². The molecule has 4 rings (SSSR count). The van der Waals surface area contributed by atoms with Gasteiger partial charge in [0.15, 0.2) is 11.5 Å². The van der Waals surface area contributed by atoms with Gasteiger partial charge in [-0.05, 0) is 49.5 Å². The molecule has 1 aliphatic rings. The third-order valence-corrected chi connectivity index (χ3v) is 8.17. The van der Waals surface area contributed by atoms with Crippen molar-refractivity contribution in [3.63, 3.8) is 0 Å². The highest BCUT2D eigenvalue weighted by molar-refractivity contribution is 7.99. The molecule has 160 valence electrons. The zero-order chi connectivity index (χ0) is 20.9. The van der Waals surface area contributed by atoms with Crippen LogP contribution < -0.4 is 14.2 Å². The molecule has 3 aromatic rings. The highest BCUT2D eigenvalue weighted by Crippen LogP contribution is 2.42. The van der Waals surface area contributed by atoms with Crippen LogP contribution in [0.4, 0.5) is 0 Å². The number of thioether (sulfide) groups is 1. The van der Waals surface area contributed by atoms with Crippen molar-refractivity contribution in [1.29, 1.82) is 0 Å². The Balaban J connectivity index is 1.31. The van der Waals surface area contributed by atoms with Gasteiger partial charge >= 0.3 is 0 Å². The van der Waals surface area contributed by atoms with Gasteiger partial charge in [0, 0.05) is 32.7 Å². The zero-order valence-corrected chi connectivity index (χ0v) is 19.5. The number of hydrogen-bond donors (Lipinski definition) is 0. The maximum Gasteiger partial charge on any atom is 0.203 e. The van der Waals surface area contributed by atoms with E-state index in [2.05, 4.69) is 41.3 Å². The summed E-state index contributed by atoms with van der Waals surface area (Å²) in [7, 11) is 5.00. The van der Waals surface area contributed by atoms with Gasteiger partial charge in [-0.15, -0.1) is 11.3 Å². The molecular formula is C24H29NO3S2. The predicted molar refractivity (Wildman–Crippen MR) is 128 cm³/mol. The molecule has 1 saturated heterocycles. The Morgan fingerprint density at radius 1 is 0.967 bits per heavy atom. The molecule has 2 aromatic carbocycles. The topological polar surface area (TPSA) is 30.9 Å². The smallest absolute Gasteiger partial charge is 0.203 e. The number of fused-ring (bicyclic) bond motifs is 1. The van der Waals surface area contributed by atoms with Crippen molar-refractivity contribution in [2.24, 2.45) is 0 Å². The maximum atomic E-state index is 5.63. The zero-order valence-electron chi connectivity index (χ0n) is 17.8. The number of thiophene rings is 1. The lowest BCUT2D eigenvalue weighted by Gasteiger charge is -2.31. The van der Waals surface area contributed by atoms with Gasteiger partial charge in [0.2, 0.25) is 5.75 Å². The van der Waals surface area contributed by atoms with Gasteiger partial charge in [-0.1, -0.05) is 24.3 Å². The Kier molecular flexibility index (Phi) is 7.08. The molecule has 0 spiro atoms. The summed E-state index contributed by atoms with van der Waals surface area (Å²) in [5.41, 5.74) is 1.16. The van der Waals surface area contributed by atoms with E-state index >= 15 is 0 Å². The van der Waals surface area contributed by atoms with E-state index in [-0.39, 0.29) is 0 Å². The normalized spacial score (nSPS) is 15.4. The molecule has 0 amide bonds. The lowest BCUT2D eigenvalue weighted by Crippen LogP contribution is -2.34. The van der Waals surface area contributed by atoms with Crippen LogP contribution in [0.3, 0.4) is 0 Å². The quantitative estimate of drug-likeness (QED) is 0.437. The third kappa shape index (κ3) is 4.71. The summed E-state index contributed by atoms with van der Waals surface area (Å²) in [5, 5.41) is 2.05.